The molecule has 0 saturated carbocycles. The van der Waals surface area contributed by atoms with Gasteiger partial charge in [-0.2, -0.15) is 0 Å². The van der Waals surface area contributed by atoms with Gasteiger partial charge in [0.2, 0.25) is 0 Å². The second kappa shape index (κ2) is 8.81. The molecule has 2 aromatic rings. The molecule has 0 spiro atoms. The second-order valence-corrected chi connectivity index (χ2v) is 6.90. The lowest BCUT2D eigenvalue weighted by Gasteiger charge is -2.16. The van der Waals surface area contributed by atoms with Gasteiger partial charge < -0.3 is 15.5 Å². The Hall–Kier alpha value is -1.91. The lowest BCUT2D eigenvalue weighted by Crippen LogP contribution is -3.09. The molecular weight excluding hydrogens is 314 g/mol. The normalized spacial score (nSPS) is 19.8. The van der Waals surface area contributed by atoms with Gasteiger partial charge in [0.05, 0.1) is 19.1 Å². The molecule has 24 heavy (non-hydrogen) atoms. The maximum atomic E-state index is 5.44. The van der Waals surface area contributed by atoms with Gasteiger partial charge in [-0.15, -0.1) is 0 Å². The van der Waals surface area contributed by atoms with Gasteiger partial charge in [0.1, 0.15) is 6.54 Å². The van der Waals surface area contributed by atoms with E-state index in [9.17, 15) is 0 Å². The molecule has 1 heterocycles. The average Bonchev–Trinajstić information content (AvgIpc) is 3.03. The van der Waals surface area contributed by atoms with E-state index in [0.29, 0.717) is 6.04 Å². The van der Waals surface area contributed by atoms with Crippen LogP contribution in [0.3, 0.4) is 0 Å². The van der Waals surface area contributed by atoms with E-state index in [2.05, 4.69) is 65.2 Å². The van der Waals surface area contributed by atoms with Gasteiger partial charge in [-0.1, -0.05) is 60.7 Å². The summed E-state index contributed by atoms with van der Waals surface area (Å²) >= 11 is 5.44. The minimum absolute atomic E-state index is 0.487. The molecule has 1 aliphatic rings. The van der Waals surface area contributed by atoms with E-state index in [4.69, 9.17) is 12.2 Å². The van der Waals surface area contributed by atoms with Crippen molar-refractivity contribution < 1.29 is 4.90 Å². The van der Waals surface area contributed by atoms with Crippen molar-refractivity contribution in [2.24, 2.45) is 0 Å². The largest absolute Gasteiger partial charge is 0.362 e. The van der Waals surface area contributed by atoms with Crippen molar-refractivity contribution in [1.82, 2.24) is 10.6 Å². The van der Waals surface area contributed by atoms with Gasteiger partial charge in [-0.3, -0.25) is 0 Å². The average molecular weight is 341 g/mol. The third kappa shape index (κ3) is 5.32. The van der Waals surface area contributed by atoms with Crippen molar-refractivity contribution in [1.29, 1.82) is 0 Å². The minimum atomic E-state index is 0.487. The predicted octanol–water partition coefficient (Wildman–Crippen LogP) is 1.55. The Morgan fingerprint density at radius 1 is 1.00 bits per heavy atom. The molecule has 0 radical (unpaired) electrons. The predicted molar refractivity (Wildman–Crippen MR) is 103 cm³/mol. The van der Waals surface area contributed by atoms with E-state index < -0.39 is 0 Å². The van der Waals surface area contributed by atoms with Gasteiger partial charge in [0.25, 0.3) is 0 Å². The Kier molecular flexibility index (Phi) is 6.21. The number of quaternary nitrogens is 1. The second-order valence-electron chi connectivity index (χ2n) is 6.49. The molecule has 4 heteroatoms. The molecule has 1 fully saturated rings. The van der Waals surface area contributed by atoms with Crippen LogP contribution in [0, 0.1) is 0 Å². The molecule has 3 rings (SSSR count). The van der Waals surface area contributed by atoms with Crippen LogP contribution in [0.2, 0.25) is 0 Å². The third-order valence-electron chi connectivity index (χ3n) is 4.56. The highest BCUT2D eigenvalue weighted by Gasteiger charge is 2.26. The molecular formula is C20H26N3S+. The zero-order valence-electron chi connectivity index (χ0n) is 14.0. The Labute approximate surface area is 150 Å². The van der Waals surface area contributed by atoms with Crippen LogP contribution in [0.5, 0.6) is 0 Å². The summed E-state index contributed by atoms with van der Waals surface area (Å²) in [7, 11) is 0. The highest BCUT2D eigenvalue weighted by Crippen LogP contribution is 2.00. The first kappa shape index (κ1) is 16.9. The van der Waals surface area contributed by atoms with Gasteiger partial charge in [-0.05, 0) is 24.2 Å². The summed E-state index contributed by atoms with van der Waals surface area (Å²) < 4.78 is 0. The van der Waals surface area contributed by atoms with Crippen molar-refractivity contribution in [3.8, 4) is 0 Å². The first-order chi connectivity index (χ1) is 11.8. The molecule has 3 N–H and O–H groups in total. The van der Waals surface area contributed by atoms with E-state index in [1.54, 1.807) is 4.90 Å². The Morgan fingerprint density at radius 2 is 1.67 bits per heavy atom. The van der Waals surface area contributed by atoms with E-state index in [1.165, 1.54) is 24.1 Å². The van der Waals surface area contributed by atoms with E-state index in [0.717, 1.165) is 31.2 Å². The maximum Gasteiger partial charge on any atom is 0.166 e. The number of hydrogen-bond donors (Lipinski definition) is 3. The lowest BCUT2D eigenvalue weighted by atomic mass is 10.1. The fourth-order valence-corrected chi connectivity index (χ4v) is 3.57. The summed E-state index contributed by atoms with van der Waals surface area (Å²) in [4.78, 5) is 1.63. The summed E-state index contributed by atoms with van der Waals surface area (Å²) in [5.74, 6) is 0. The van der Waals surface area contributed by atoms with Crippen LogP contribution < -0.4 is 15.5 Å². The summed E-state index contributed by atoms with van der Waals surface area (Å²) in [6.07, 6.45) is 2.18. The Bertz CT molecular complexity index is 630. The van der Waals surface area contributed by atoms with Crippen LogP contribution in [0.15, 0.2) is 60.7 Å². The number of thiocarbonyl (C=S) groups is 1. The van der Waals surface area contributed by atoms with Crippen molar-refractivity contribution in [2.45, 2.75) is 25.4 Å². The van der Waals surface area contributed by atoms with Gasteiger partial charge in [0.15, 0.2) is 5.11 Å². The molecule has 0 bridgehead atoms. The fourth-order valence-electron chi connectivity index (χ4n) is 3.30. The third-order valence-corrected chi connectivity index (χ3v) is 4.82. The quantitative estimate of drug-likeness (QED) is 0.697. The molecule has 0 amide bonds. The maximum absolute atomic E-state index is 5.44. The molecule has 2 atom stereocenters. The smallest absolute Gasteiger partial charge is 0.166 e. The zero-order chi connectivity index (χ0) is 16.6. The zero-order valence-corrected chi connectivity index (χ0v) is 14.8. The fraction of sp³-hybridized carbons (Fsp3) is 0.350. The molecule has 1 saturated heterocycles. The van der Waals surface area contributed by atoms with Crippen molar-refractivity contribution >= 4 is 17.3 Å². The number of benzene rings is 2. The van der Waals surface area contributed by atoms with E-state index in [1.807, 2.05) is 6.07 Å². The van der Waals surface area contributed by atoms with Gasteiger partial charge >= 0.3 is 0 Å². The topological polar surface area (TPSA) is 28.5 Å². The first-order valence-electron chi connectivity index (χ1n) is 8.75. The van der Waals surface area contributed by atoms with Crippen LogP contribution in [0.1, 0.15) is 17.5 Å². The summed E-state index contributed by atoms with van der Waals surface area (Å²) in [6, 6.07) is 21.7. The molecule has 2 aromatic carbocycles. The molecule has 3 nitrogen and oxygen atoms in total. The Morgan fingerprint density at radius 3 is 2.38 bits per heavy atom. The summed E-state index contributed by atoms with van der Waals surface area (Å²) in [5.41, 5.74) is 2.75. The molecule has 126 valence electrons. The van der Waals surface area contributed by atoms with Crippen LogP contribution in [-0.4, -0.2) is 30.8 Å². The van der Waals surface area contributed by atoms with E-state index in [-0.39, 0.29) is 0 Å². The first-order valence-corrected chi connectivity index (χ1v) is 9.16. The number of nitrogens with one attached hydrogen (secondary N) is 3. The van der Waals surface area contributed by atoms with Gasteiger partial charge in [-0.25, -0.2) is 0 Å². The number of likely N-dealkylation sites (tertiary alicyclic amines) is 1. The molecule has 1 aliphatic heterocycles. The lowest BCUT2D eigenvalue weighted by molar-refractivity contribution is -0.901. The standard InChI is InChI=1S/C20H25N3S/c24-20(21-13-11-17-7-3-1-4-8-17)22-19-12-14-23(16-19)15-18-9-5-2-6-10-18/h1-10,19H,11-16H2,(H2,21,22,24)/p+1/t19-/m0/s1. The molecule has 0 aromatic heterocycles. The van der Waals surface area contributed by atoms with E-state index >= 15 is 0 Å². The van der Waals surface area contributed by atoms with Crippen LogP contribution in [0.25, 0.3) is 0 Å². The summed E-state index contributed by atoms with van der Waals surface area (Å²) in [6.45, 7) is 4.32. The van der Waals surface area contributed by atoms with Crippen molar-refractivity contribution in [2.75, 3.05) is 19.6 Å². The van der Waals surface area contributed by atoms with Crippen LogP contribution in [-0.2, 0) is 13.0 Å². The minimum Gasteiger partial charge on any atom is -0.362 e. The Balaban J connectivity index is 1.35. The molecule has 0 aliphatic carbocycles. The number of rotatable bonds is 6. The summed E-state index contributed by atoms with van der Waals surface area (Å²) in [5, 5.41) is 7.60. The van der Waals surface area contributed by atoms with Crippen molar-refractivity contribution in [3.63, 3.8) is 0 Å². The van der Waals surface area contributed by atoms with Gasteiger partial charge in [0, 0.05) is 18.5 Å². The highest BCUT2D eigenvalue weighted by atomic mass is 32.1. The van der Waals surface area contributed by atoms with Crippen molar-refractivity contribution in [3.05, 3.63) is 71.8 Å². The molecule has 1 unspecified atom stereocenters. The SMILES string of the molecule is S=C(NCCc1ccccc1)N[C@H]1CC[NH+](Cc2ccccc2)C1. The highest BCUT2D eigenvalue weighted by molar-refractivity contribution is 7.80. The number of hydrogen-bond acceptors (Lipinski definition) is 1. The van der Waals surface area contributed by atoms with Crippen LogP contribution in [0.4, 0.5) is 0 Å². The van der Waals surface area contributed by atoms with Crippen LogP contribution >= 0.6 is 12.2 Å². The monoisotopic (exact) mass is 340 g/mol.